The predicted molar refractivity (Wildman–Crippen MR) is 263 cm³/mol. The van der Waals surface area contributed by atoms with E-state index in [1.54, 1.807) is 0 Å². The van der Waals surface area contributed by atoms with Gasteiger partial charge in [0.1, 0.15) is 0 Å². The molecular weight excluding hydrogens is 757 g/mol. The molecule has 0 fully saturated rings. The van der Waals surface area contributed by atoms with E-state index in [1.807, 2.05) is 27.7 Å². The van der Waals surface area contributed by atoms with Crippen LogP contribution in [0.15, 0.2) is 0 Å². The Hall–Kier alpha value is -1.59. The first-order valence-corrected chi connectivity index (χ1v) is 27.0. The van der Waals surface area contributed by atoms with Crippen LogP contribution < -0.4 is 0 Å². The van der Waals surface area contributed by atoms with Gasteiger partial charge in [0.2, 0.25) is 0 Å². The smallest absolute Gasteiger partial charge is 0.308 e. The zero-order valence-electron chi connectivity index (χ0n) is 42.8. The molecule has 0 rings (SSSR count). The van der Waals surface area contributed by atoms with Crippen LogP contribution in [0.1, 0.15) is 293 Å². The maximum absolute atomic E-state index is 12.3. The molecule has 0 saturated heterocycles. The van der Waals surface area contributed by atoms with E-state index >= 15 is 0 Å². The summed E-state index contributed by atoms with van der Waals surface area (Å²) in [6.45, 7) is 20.3. The largest absolute Gasteiger partial charge is 0.465 e. The van der Waals surface area contributed by atoms with E-state index in [-0.39, 0.29) is 48.4 Å². The van der Waals surface area contributed by atoms with Crippen molar-refractivity contribution in [2.24, 2.45) is 23.2 Å². The monoisotopic (exact) mass is 865 g/mol. The number of hydrogen-bond acceptors (Lipinski definition) is 6. The Balaban J connectivity index is 0. The lowest BCUT2D eigenvalue weighted by molar-refractivity contribution is -0.158. The molecule has 0 aliphatic carbocycles. The molecule has 61 heavy (non-hydrogen) atoms. The van der Waals surface area contributed by atoms with Crippen LogP contribution in [0.5, 0.6) is 0 Å². The zero-order valence-corrected chi connectivity index (χ0v) is 42.8. The lowest BCUT2D eigenvalue weighted by Gasteiger charge is -2.26. The summed E-state index contributed by atoms with van der Waals surface area (Å²) in [5, 5.41) is 0. The average Bonchev–Trinajstić information content (AvgIpc) is 3.25. The number of unbranched alkanes of at least 4 members (excludes halogenated alkanes) is 24. The Labute approximate surface area is 381 Å². The molecule has 0 heterocycles. The number of rotatable bonds is 44. The minimum atomic E-state index is -0.364. The van der Waals surface area contributed by atoms with Crippen molar-refractivity contribution in [2.45, 2.75) is 293 Å². The van der Waals surface area contributed by atoms with Crippen LogP contribution in [0.2, 0.25) is 0 Å². The van der Waals surface area contributed by atoms with Crippen LogP contribution in [-0.4, -0.2) is 37.7 Å². The van der Waals surface area contributed by atoms with Gasteiger partial charge in [-0.1, -0.05) is 242 Å². The number of ether oxygens (including phenoxy) is 3. The van der Waals surface area contributed by atoms with E-state index in [1.165, 1.54) is 167 Å². The number of hydrogen-bond donors (Lipinski definition) is 0. The van der Waals surface area contributed by atoms with Gasteiger partial charge in [-0.05, 0) is 50.9 Å². The third kappa shape index (κ3) is 42.1. The molecule has 0 amide bonds. The first-order chi connectivity index (χ1) is 29.5. The summed E-state index contributed by atoms with van der Waals surface area (Å²) in [6, 6.07) is 0. The highest BCUT2D eigenvalue weighted by atomic mass is 16.5. The van der Waals surface area contributed by atoms with Crippen LogP contribution in [-0.2, 0) is 28.6 Å². The molecule has 0 aromatic carbocycles. The molecule has 364 valence electrons. The summed E-state index contributed by atoms with van der Waals surface area (Å²) in [7, 11) is 0. The summed E-state index contributed by atoms with van der Waals surface area (Å²) < 4.78 is 16.8. The Kier molecular flexibility index (Phi) is 46.8. The Morgan fingerprint density at radius 1 is 0.377 bits per heavy atom. The van der Waals surface area contributed by atoms with Crippen LogP contribution >= 0.6 is 0 Å². The molecule has 6 heteroatoms. The number of carbonyl (C=O) groups is 3. The minimum absolute atomic E-state index is 0.0168. The second-order valence-corrected chi connectivity index (χ2v) is 19.5. The van der Waals surface area contributed by atoms with Gasteiger partial charge in [-0.25, -0.2) is 0 Å². The lowest BCUT2D eigenvalue weighted by Crippen LogP contribution is -2.31. The molecule has 3 atom stereocenters. The molecule has 0 N–H and O–H groups in total. The fourth-order valence-electron chi connectivity index (χ4n) is 8.00. The Morgan fingerprint density at radius 3 is 1.02 bits per heavy atom. The van der Waals surface area contributed by atoms with Gasteiger partial charge in [0.05, 0.1) is 31.7 Å². The molecule has 0 aliphatic rings. The van der Waals surface area contributed by atoms with Crippen molar-refractivity contribution in [3.8, 4) is 0 Å². The Morgan fingerprint density at radius 2 is 0.689 bits per heavy atom. The lowest BCUT2D eigenvalue weighted by atomic mass is 9.94. The van der Waals surface area contributed by atoms with E-state index in [2.05, 4.69) is 34.6 Å². The molecular formula is C55H108O6. The standard InChI is InChI=1S/C34H68O2.C21H40O4/c1-4-7-10-13-16-18-19-20-22-25-28-31-34(35)36-32-33(29-26-23-15-12-9-6-3)30-27-24-21-17-14-11-8-5-2;1-7-11-13-17(9-3)19(22)24-15-21(5,6)16-25-20(23)18(10-4)14-12-8-2/h33H,4-32H2,1-3H3;17-18H,7-16H2,1-6H3. The van der Waals surface area contributed by atoms with Gasteiger partial charge < -0.3 is 14.2 Å². The summed E-state index contributed by atoms with van der Waals surface area (Å²) in [4.78, 5) is 36.8. The van der Waals surface area contributed by atoms with Gasteiger partial charge in [-0.3, -0.25) is 14.4 Å². The van der Waals surface area contributed by atoms with E-state index < -0.39 is 0 Å². The third-order valence-corrected chi connectivity index (χ3v) is 12.6. The van der Waals surface area contributed by atoms with Crippen molar-refractivity contribution < 1.29 is 28.6 Å². The quantitative estimate of drug-likeness (QED) is 0.0345. The molecule has 0 bridgehead atoms. The second-order valence-electron chi connectivity index (χ2n) is 19.5. The van der Waals surface area contributed by atoms with Crippen molar-refractivity contribution in [2.75, 3.05) is 19.8 Å². The SMILES string of the molecule is CCCCC(CC)C(=O)OCC(C)(C)COC(=O)C(CC)CCCC.CCCCCCCCCCCCCC(=O)OCC(CCCCCCCC)CCCCCCCCCC. The maximum atomic E-state index is 12.3. The summed E-state index contributed by atoms with van der Waals surface area (Å²) >= 11 is 0. The van der Waals surface area contributed by atoms with E-state index in [0.717, 1.165) is 57.8 Å². The highest BCUT2D eigenvalue weighted by molar-refractivity contribution is 5.73. The first kappa shape index (κ1) is 61.5. The van der Waals surface area contributed by atoms with Crippen LogP contribution in [0, 0.1) is 23.2 Å². The van der Waals surface area contributed by atoms with Gasteiger partial charge in [0.15, 0.2) is 0 Å². The highest BCUT2D eigenvalue weighted by Gasteiger charge is 2.27. The predicted octanol–water partition coefficient (Wildman–Crippen LogP) is 17.7. The Bertz CT molecular complexity index is 913. The molecule has 0 radical (unpaired) electrons. The summed E-state index contributed by atoms with van der Waals surface area (Å²) in [6.07, 6.45) is 44.4. The maximum Gasteiger partial charge on any atom is 0.308 e. The summed E-state index contributed by atoms with van der Waals surface area (Å²) in [5.41, 5.74) is -0.364. The zero-order chi connectivity index (χ0) is 45.7. The van der Waals surface area contributed by atoms with Crippen molar-refractivity contribution in [1.29, 1.82) is 0 Å². The topological polar surface area (TPSA) is 78.9 Å². The molecule has 0 aromatic rings. The molecule has 0 spiro atoms. The molecule has 0 saturated carbocycles. The molecule has 3 unspecified atom stereocenters. The van der Waals surface area contributed by atoms with E-state index in [9.17, 15) is 14.4 Å². The second kappa shape index (κ2) is 46.4. The van der Waals surface area contributed by atoms with Gasteiger partial charge >= 0.3 is 17.9 Å². The normalized spacial score (nSPS) is 12.9. The summed E-state index contributed by atoms with van der Waals surface area (Å²) in [5.74, 6) is 0.357. The highest BCUT2D eigenvalue weighted by Crippen LogP contribution is 2.23. The number of carbonyl (C=O) groups excluding carboxylic acids is 3. The van der Waals surface area contributed by atoms with Crippen molar-refractivity contribution in [3.63, 3.8) is 0 Å². The molecule has 0 aliphatic heterocycles. The van der Waals surface area contributed by atoms with Crippen LogP contribution in [0.25, 0.3) is 0 Å². The minimum Gasteiger partial charge on any atom is -0.465 e. The van der Waals surface area contributed by atoms with Crippen molar-refractivity contribution >= 4 is 17.9 Å². The fraction of sp³-hybridized carbons (Fsp3) is 0.945. The third-order valence-electron chi connectivity index (χ3n) is 12.6. The van der Waals surface area contributed by atoms with Gasteiger partial charge in [0.25, 0.3) is 0 Å². The van der Waals surface area contributed by atoms with Crippen molar-refractivity contribution in [1.82, 2.24) is 0 Å². The van der Waals surface area contributed by atoms with Gasteiger partial charge in [-0.15, -0.1) is 0 Å². The average molecular weight is 865 g/mol. The van der Waals surface area contributed by atoms with Gasteiger partial charge in [0, 0.05) is 11.8 Å². The first-order valence-electron chi connectivity index (χ1n) is 27.0. The van der Waals surface area contributed by atoms with Gasteiger partial charge in [-0.2, -0.15) is 0 Å². The van der Waals surface area contributed by atoms with E-state index in [4.69, 9.17) is 14.2 Å². The van der Waals surface area contributed by atoms with E-state index in [0.29, 0.717) is 18.9 Å². The van der Waals surface area contributed by atoms with Crippen molar-refractivity contribution in [3.05, 3.63) is 0 Å². The molecule has 0 aromatic heterocycles. The fourth-order valence-corrected chi connectivity index (χ4v) is 8.00. The van der Waals surface area contributed by atoms with Crippen LogP contribution in [0.3, 0.4) is 0 Å². The van der Waals surface area contributed by atoms with Crippen LogP contribution in [0.4, 0.5) is 0 Å². The molecule has 6 nitrogen and oxygen atoms in total. The number of esters is 3.